The average Bonchev–Trinajstić information content (AvgIpc) is 2.64. The third kappa shape index (κ3) is 2.74. The number of pyridine rings is 1. The number of nitrogens with two attached hydrogens (primary N) is 1. The van der Waals surface area contributed by atoms with Gasteiger partial charge >= 0.3 is 0 Å². The maximum atomic E-state index is 5.65. The number of thiophene rings is 1. The molecule has 0 aliphatic heterocycles. The van der Waals surface area contributed by atoms with Crippen LogP contribution in [0.15, 0.2) is 33.4 Å². The van der Waals surface area contributed by atoms with Gasteiger partial charge in [0.15, 0.2) is 0 Å². The van der Waals surface area contributed by atoms with Crippen LogP contribution in [0.4, 0.5) is 11.6 Å². The summed E-state index contributed by atoms with van der Waals surface area (Å²) < 4.78 is 1.15. The van der Waals surface area contributed by atoms with Gasteiger partial charge in [-0.2, -0.15) is 0 Å². The van der Waals surface area contributed by atoms with Gasteiger partial charge in [-0.15, -0.1) is 11.3 Å². The maximum absolute atomic E-state index is 5.65. The number of hydrogen-bond acceptors (Lipinski definition) is 4. The first-order valence-electron chi connectivity index (χ1n) is 4.82. The molecule has 0 bridgehead atoms. The summed E-state index contributed by atoms with van der Waals surface area (Å²) in [6.45, 7) is 0.832. The predicted molar refractivity (Wildman–Crippen MR) is 72.8 cm³/mol. The number of hydrogen-bond donors (Lipinski definition) is 1. The van der Waals surface area contributed by atoms with Crippen LogP contribution in [-0.4, -0.2) is 12.0 Å². The van der Waals surface area contributed by atoms with E-state index in [9.17, 15) is 0 Å². The lowest BCUT2D eigenvalue weighted by molar-refractivity contribution is 0.903. The monoisotopic (exact) mass is 297 g/mol. The second kappa shape index (κ2) is 4.84. The van der Waals surface area contributed by atoms with Crippen molar-refractivity contribution < 1.29 is 0 Å². The molecule has 2 rings (SSSR count). The van der Waals surface area contributed by atoms with E-state index in [0.717, 1.165) is 16.1 Å². The highest BCUT2D eigenvalue weighted by Crippen LogP contribution is 2.22. The molecule has 0 aromatic carbocycles. The van der Waals surface area contributed by atoms with E-state index in [4.69, 9.17) is 5.73 Å². The number of nitrogens with zero attached hydrogens (tertiary/aromatic N) is 2. The Kier molecular flexibility index (Phi) is 3.46. The molecule has 2 heterocycles. The standard InChI is InChI=1S/C11H12BrN3S/c1-15(6-8-5-9(12)16-7-8)11-4-2-3-10(13)14-11/h2-5,7H,6H2,1H3,(H2,13,14). The molecule has 16 heavy (non-hydrogen) atoms. The first-order valence-corrected chi connectivity index (χ1v) is 6.49. The molecule has 0 radical (unpaired) electrons. The fraction of sp³-hybridized carbons (Fsp3) is 0.182. The topological polar surface area (TPSA) is 42.1 Å². The Hall–Kier alpha value is -1.07. The summed E-state index contributed by atoms with van der Waals surface area (Å²) in [5.41, 5.74) is 6.92. The molecule has 0 amide bonds. The van der Waals surface area contributed by atoms with Gasteiger partial charge in [-0.05, 0) is 45.1 Å². The van der Waals surface area contributed by atoms with Crippen LogP contribution in [0.5, 0.6) is 0 Å². The van der Waals surface area contributed by atoms with Crippen molar-refractivity contribution in [1.29, 1.82) is 0 Å². The molecule has 0 spiro atoms. The third-order valence-electron chi connectivity index (χ3n) is 2.19. The molecule has 3 nitrogen and oxygen atoms in total. The van der Waals surface area contributed by atoms with Crippen molar-refractivity contribution in [3.8, 4) is 0 Å². The van der Waals surface area contributed by atoms with Crippen molar-refractivity contribution in [3.05, 3.63) is 39.0 Å². The van der Waals surface area contributed by atoms with Crippen LogP contribution in [0, 0.1) is 0 Å². The number of rotatable bonds is 3. The number of anilines is 2. The summed E-state index contributed by atoms with van der Waals surface area (Å²) in [4.78, 5) is 6.35. The SMILES string of the molecule is CN(Cc1csc(Br)c1)c1cccc(N)n1. The van der Waals surface area contributed by atoms with Crippen LogP contribution in [0.3, 0.4) is 0 Å². The van der Waals surface area contributed by atoms with E-state index in [1.807, 2.05) is 19.2 Å². The zero-order chi connectivity index (χ0) is 11.5. The van der Waals surface area contributed by atoms with Crippen LogP contribution in [0.2, 0.25) is 0 Å². The van der Waals surface area contributed by atoms with Gasteiger partial charge < -0.3 is 10.6 Å². The molecule has 0 aliphatic carbocycles. The van der Waals surface area contributed by atoms with Gasteiger partial charge in [0, 0.05) is 13.6 Å². The third-order valence-corrected chi connectivity index (χ3v) is 3.74. The lowest BCUT2D eigenvalue weighted by atomic mass is 10.3. The summed E-state index contributed by atoms with van der Waals surface area (Å²) in [5, 5.41) is 2.13. The molecule has 2 N–H and O–H groups in total. The van der Waals surface area contributed by atoms with Crippen LogP contribution >= 0.6 is 27.3 Å². The van der Waals surface area contributed by atoms with Crippen molar-refractivity contribution >= 4 is 38.9 Å². The Bertz CT molecular complexity index is 484. The smallest absolute Gasteiger partial charge is 0.130 e. The molecular formula is C11H12BrN3S. The average molecular weight is 298 g/mol. The van der Waals surface area contributed by atoms with E-state index >= 15 is 0 Å². The molecule has 0 atom stereocenters. The molecule has 2 aromatic rings. The predicted octanol–water partition coefficient (Wildman–Crippen LogP) is 3.12. The number of nitrogen functional groups attached to an aromatic ring is 1. The summed E-state index contributed by atoms with van der Waals surface area (Å²) in [7, 11) is 2.01. The second-order valence-electron chi connectivity index (χ2n) is 3.54. The van der Waals surface area contributed by atoms with Gasteiger partial charge in [-0.25, -0.2) is 4.98 Å². The maximum Gasteiger partial charge on any atom is 0.130 e. The first-order chi connectivity index (χ1) is 7.65. The lowest BCUT2D eigenvalue weighted by Crippen LogP contribution is -2.17. The molecule has 2 aromatic heterocycles. The van der Waals surface area contributed by atoms with Crippen LogP contribution < -0.4 is 10.6 Å². The normalized spacial score (nSPS) is 10.4. The second-order valence-corrected chi connectivity index (χ2v) is 5.83. The number of halogens is 1. The largest absolute Gasteiger partial charge is 0.384 e. The van der Waals surface area contributed by atoms with Crippen LogP contribution in [-0.2, 0) is 6.54 Å². The minimum Gasteiger partial charge on any atom is -0.384 e. The zero-order valence-corrected chi connectivity index (χ0v) is 11.3. The summed E-state index contributed by atoms with van der Waals surface area (Å²) in [6.07, 6.45) is 0. The lowest BCUT2D eigenvalue weighted by Gasteiger charge is -2.17. The molecule has 0 fully saturated rings. The Balaban J connectivity index is 2.11. The van der Waals surface area contributed by atoms with E-state index in [1.54, 1.807) is 17.4 Å². The minimum absolute atomic E-state index is 0.552. The summed E-state index contributed by atoms with van der Waals surface area (Å²) in [5.74, 6) is 1.44. The van der Waals surface area contributed by atoms with Gasteiger partial charge in [0.05, 0.1) is 3.79 Å². The Labute approximate surface area is 107 Å². The first kappa shape index (κ1) is 11.4. The van der Waals surface area contributed by atoms with Crippen LogP contribution in [0.1, 0.15) is 5.56 Å². The van der Waals surface area contributed by atoms with Crippen LogP contribution in [0.25, 0.3) is 0 Å². The minimum atomic E-state index is 0.552. The fourth-order valence-corrected chi connectivity index (χ4v) is 2.64. The fourth-order valence-electron chi connectivity index (χ4n) is 1.44. The van der Waals surface area contributed by atoms with Gasteiger partial charge in [-0.3, -0.25) is 0 Å². The van der Waals surface area contributed by atoms with Crippen molar-refractivity contribution in [2.75, 3.05) is 17.7 Å². The Morgan fingerprint density at radius 2 is 2.31 bits per heavy atom. The van der Waals surface area contributed by atoms with Crippen molar-refractivity contribution in [1.82, 2.24) is 4.98 Å². The Morgan fingerprint density at radius 1 is 1.50 bits per heavy atom. The van der Waals surface area contributed by atoms with Crippen molar-refractivity contribution in [3.63, 3.8) is 0 Å². The molecular weight excluding hydrogens is 286 g/mol. The summed E-state index contributed by atoms with van der Waals surface area (Å²) >= 11 is 5.14. The number of aromatic nitrogens is 1. The molecule has 84 valence electrons. The summed E-state index contributed by atoms with van der Waals surface area (Å²) in [6, 6.07) is 7.78. The van der Waals surface area contributed by atoms with Gasteiger partial charge in [0.25, 0.3) is 0 Å². The van der Waals surface area contributed by atoms with Crippen molar-refractivity contribution in [2.45, 2.75) is 6.54 Å². The zero-order valence-electron chi connectivity index (χ0n) is 8.85. The molecule has 0 saturated carbocycles. The van der Waals surface area contributed by atoms with Crippen molar-refractivity contribution in [2.24, 2.45) is 0 Å². The van der Waals surface area contributed by atoms with E-state index in [2.05, 4.69) is 37.3 Å². The highest BCUT2D eigenvalue weighted by molar-refractivity contribution is 9.11. The van der Waals surface area contributed by atoms with Gasteiger partial charge in [0.1, 0.15) is 11.6 Å². The molecule has 0 unspecified atom stereocenters. The van der Waals surface area contributed by atoms with E-state index in [1.165, 1.54) is 5.56 Å². The van der Waals surface area contributed by atoms with Gasteiger partial charge in [-0.1, -0.05) is 6.07 Å². The Morgan fingerprint density at radius 3 is 2.94 bits per heavy atom. The van der Waals surface area contributed by atoms with Gasteiger partial charge in [0.2, 0.25) is 0 Å². The quantitative estimate of drug-likeness (QED) is 0.946. The van der Waals surface area contributed by atoms with E-state index in [0.29, 0.717) is 5.82 Å². The molecule has 5 heteroatoms. The highest BCUT2D eigenvalue weighted by atomic mass is 79.9. The highest BCUT2D eigenvalue weighted by Gasteiger charge is 2.05. The molecule has 0 saturated heterocycles. The van der Waals surface area contributed by atoms with E-state index < -0.39 is 0 Å². The molecule has 0 aliphatic rings. The van der Waals surface area contributed by atoms with E-state index in [-0.39, 0.29) is 0 Å².